The molecule has 3 aliphatic heterocycles. The molecular formula is C25H25N3O6. The maximum absolute atomic E-state index is 13.0. The van der Waals surface area contributed by atoms with E-state index in [0.29, 0.717) is 29.8 Å². The predicted octanol–water partition coefficient (Wildman–Crippen LogP) is 1.39. The molecule has 3 heterocycles. The molecule has 4 amide bonds. The van der Waals surface area contributed by atoms with Gasteiger partial charge in [0.1, 0.15) is 25.0 Å². The van der Waals surface area contributed by atoms with Gasteiger partial charge in [-0.3, -0.25) is 24.5 Å². The van der Waals surface area contributed by atoms with Crippen LogP contribution in [0, 0.1) is 0 Å². The lowest BCUT2D eigenvalue weighted by Gasteiger charge is -2.29. The van der Waals surface area contributed by atoms with Gasteiger partial charge in [-0.15, -0.1) is 0 Å². The summed E-state index contributed by atoms with van der Waals surface area (Å²) in [4.78, 5) is 51.8. The van der Waals surface area contributed by atoms with E-state index in [4.69, 9.17) is 13.6 Å². The average molecular weight is 467 g/mol. The van der Waals surface area contributed by atoms with Crippen LogP contribution in [0.25, 0.3) is 0 Å². The Morgan fingerprint density at radius 1 is 1.15 bits per heavy atom. The van der Waals surface area contributed by atoms with Crippen molar-refractivity contribution < 1.29 is 32.8 Å². The summed E-state index contributed by atoms with van der Waals surface area (Å²) in [5.74, 6) is -1.14. The standard InChI is InChI=1S/C25H25N3O6/c29-22-9-8-20(24(31)26-22)28-13-19-18(25(28)32)2-1-3-21(19)34-14-17-6-4-16(5-7-17)12-27-10-11-33-15-23(27)30/h1-7,20H,8-15H2,(H,26,29,31)/i4D,7D,14D. The van der Waals surface area contributed by atoms with Crippen LogP contribution < -0.4 is 10.1 Å². The Labute approximate surface area is 200 Å². The minimum Gasteiger partial charge on any atom is -0.489 e. The van der Waals surface area contributed by atoms with Gasteiger partial charge >= 0.3 is 0 Å². The van der Waals surface area contributed by atoms with Gasteiger partial charge in [0.25, 0.3) is 5.91 Å². The number of benzene rings is 2. The van der Waals surface area contributed by atoms with Crippen molar-refractivity contribution in [1.29, 1.82) is 0 Å². The van der Waals surface area contributed by atoms with Crippen LogP contribution in [-0.2, 0) is 38.8 Å². The lowest BCUT2D eigenvalue weighted by molar-refractivity contribution is -0.143. The van der Waals surface area contributed by atoms with Gasteiger partial charge < -0.3 is 19.3 Å². The van der Waals surface area contributed by atoms with Crippen LogP contribution in [0.1, 0.15) is 44.0 Å². The maximum Gasteiger partial charge on any atom is 0.255 e. The fourth-order valence-electron chi connectivity index (χ4n) is 4.30. The lowest BCUT2D eigenvalue weighted by atomic mass is 10.0. The molecule has 0 aromatic heterocycles. The monoisotopic (exact) mass is 466 g/mol. The van der Waals surface area contributed by atoms with E-state index in [1.807, 2.05) is 0 Å². The smallest absolute Gasteiger partial charge is 0.255 e. The van der Waals surface area contributed by atoms with Gasteiger partial charge in [-0.1, -0.05) is 30.3 Å². The van der Waals surface area contributed by atoms with E-state index in [9.17, 15) is 19.2 Å². The number of hydrogen-bond acceptors (Lipinski definition) is 6. The van der Waals surface area contributed by atoms with Gasteiger partial charge in [0.05, 0.1) is 17.3 Å². The van der Waals surface area contributed by atoms with Crippen molar-refractivity contribution in [3.05, 3.63) is 64.7 Å². The van der Waals surface area contributed by atoms with Gasteiger partial charge in [-0.25, -0.2) is 0 Å². The number of nitrogens with one attached hydrogen (secondary N) is 1. The molecule has 3 aliphatic rings. The SMILES string of the molecule is [2H]c1cc(C([2H])Oc2cccc3c2CN(C2CCC(=O)NC2=O)C3=O)c([2H])cc1CN1CCOCC1=O. The minimum atomic E-state index is -1.35. The molecule has 9 nitrogen and oxygen atoms in total. The summed E-state index contributed by atoms with van der Waals surface area (Å²) < 4.78 is 36.3. The zero-order valence-electron chi connectivity index (χ0n) is 21.3. The van der Waals surface area contributed by atoms with Crippen LogP contribution in [0.3, 0.4) is 0 Å². The van der Waals surface area contributed by atoms with Gasteiger partial charge in [-0.2, -0.15) is 0 Å². The van der Waals surface area contributed by atoms with Crippen molar-refractivity contribution in [1.82, 2.24) is 15.1 Å². The van der Waals surface area contributed by atoms with Crippen LogP contribution in [0.15, 0.2) is 42.4 Å². The number of hydrogen-bond donors (Lipinski definition) is 1. The van der Waals surface area contributed by atoms with Crippen molar-refractivity contribution in [2.75, 3.05) is 19.8 Å². The molecule has 0 bridgehead atoms. The largest absolute Gasteiger partial charge is 0.489 e. The molecule has 0 aliphatic carbocycles. The number of carbonyl (C=O) groups excluding carboxylic acids is 4. The van der Waals surface area contributed by atoms with E-state index in [0.717, 1.165) is 0 Å². The second-order valence-corrected chi connectivity index (χ2v) is 8.34. The number of carbonyl (C=O) groups is 4. The van der Waals surface area contributed by atoms with Gasteiger partial charge in [-0.05, 0) is 29.7 Å². The third kappa shape index (κ3) is 4.38. The fraction of sp³-hybridized carbons (Fsp3) is 0.360. The number of ether oxygens (including phenoxy) is 2. The van der Waals surface area contributed by atoms with Crippen molar-refractivity contribution in [3.63, 3.8) is 0 Å². The van der Waals surface area contributed by atoms with Crippen LogP contribution >= 0.6 is 0 Å². The topological polar surface area (TPSA) is 105 Å². The Morgan fingerprint density at radius 3 is 2.79 bits per heavy atom. The molecular weight excluding hydrogens is 438 g/mol. The molecule has 2 atom stereocenters. The summed E-state index contributed by atoms with van der Waals surface area (Å²) in [5, 5.41) is 2.27. The molecule has 2 fully saturated rings. The third-order valence-corrected chi connectivity index (χ3v) is 6.12. The minimum absolute atomic E-state index is 0.000492. The number of morpholine rings is 1. The van der Waals surface area contributed by atoms with E-state index in [1.165, 1.54) is 17.0 Å². The third-order valence-electron chi connectivity index (χ3n) is 6.12. The first-order valence-electron chi connectivity index (χ1n) is 12.6. The van der Waals surface area contributed by atoms with E-state index >= 15 is 0 Å². The molecule has 0 radical (unpaired) electrons. The lowest BCUT2D eigenvalue weighted by Crippen LogP contribution is -2.52. The maximum atomic E-state index is 13.0. The van der Waals surface area contributed by atoms with Crippen molar-refractivity contribution in [2.45, 2.75) is 38.6 Å². The highest BCUT2D eigenvalue weighted by molar-refractivity contribution is 6.05. The highest BCUT2D eigenvalue weighted by Gasteiger charge is 2.40. The summed E-state index contributed by atoms with van der Waals surface area (Å²) >= 11 is 0. The number of nitrogens with zero attached hydrogens (tertiary/aromatic N) is 2. The van der Waals surface area contributed by atoms with E-state index in [1.54, 1.807) is 23.1 Å². The first-order chi connectivity index (χ1) is 17.7. The summed E-state index contributed by atoms with van der Waals surface area (Å²) in [7, 11) is 0. The van der Waals surface area contributed by atoms with Crippen LogP contribution in [-0.4, -0.2) is 59.2 Å². The number of amides is 4. The number of rotatable bonds is 6. The normalized spacial score (nSPS) is 22.6. The van der Waals surface area contributed by atoms with E-state index < -0.39 is 18.5 Å². The van der Waals surface area contributed by atoms with Gasteiger partial charge in [0.15, 0.2) is 0 Å². The Hall–Kier alpha value is -3.72. The Kier molecular flexibility index (Phi) is 5.09. The summed E-state index contributed by atoms with van der Waals surface area (Å²) in [6.07, 6.45) is 0.380. The number of piperidine rings is 1. The van der Waals surface area contributed by atoms with Gasteiger partial charge in [0, 0.05) is 30.6 Å². The molecule has 5 rings (SSSR count). The average Bonchev–Trinajstić information content (AvgIpc) is 3.19. The number of fused-ring (bicyclic) bond motifs is 1. The van der Waals surface area contributed by atoms with E-state index in [-0.39, 0.29) is 73.7 Å². The molecule has 34 heavy (non-hydrogen) atoms. The van der Waals surface area contributed by atoms with Crippen LogP contribution in [0.4, 0.5) is 0 Å². The number of imide groups is 1. The van der Waals surface area contributed by atoms with E-state index in [2.05, 4.69) is 5.32 Å². The zero-order chi connectivity index (χ0) is 26.3. The zero-order valence-corrected chi connectivity index (χ0v) is 18.3. The second kappa shape index (κ2) is 9.26. The summed E-state index contributed by atoms with van der Waals surface area (Å²) in [6, 6.07) is 7.03. The highest BCUT2D eigenvalue weighted by Crippen LogP contribution is 2.34. The second-order valence-electron chi connectivity index (χ2n) is 8.34. The molecule has 2 saturated heterocycles. The molecule has 0 saturated carbocycles. The molecule has 1 N–H and O–H groups in total. The summed E-state index contributed by atoms with van der Waals surface area (Å²) in [6.45, 7) is -0.257. The highest BCUT2D eigenvalue weighted by atomic mass is 16.5. The predicted molar refractivity (Wildman–Crippen MR) is 119 cm³/mol. The first-order valence-corrected chi connectivity index (χ1v) is 11.0. The molecule has 176 valence electrons. The molecule has 2 unspecified atom stereocenters. The van der Waals surface area contributed by atoms with Crippen LogP contribution in [0.2, 0.25) is 0 Å². The van der Waals surface area contributed by atoms with Crippen molar-refractivity contribution >= 4 is 23.6 Å². The first kappa shape index (κ1) is 18.7. The Morgan fingerprint density at radius 2 is 1.97 bits per heavy atom. The fourth-order valence-corrected chi connectivity index (χ4v) is 4.30. The molecule has 9 heteroatoms. The van der Waals surface area contributed by atoms with Crippen LogP contribution in [0.5, 0.6) is 5.75 Å². The molecule has 0 spiro atoms. The quantitative estimate of drug-likeness (QED) is 0.645. The van der Waals surface area contributed by atoms with Gasteiger partial charge in [0.2, 0.25) is 17.7 Å². The molecule has 2 aromatic carbocycles. The van der Waals surface area contributed by atoms with Crippen molar-refractivity contribution in [2.24, 2.45) is 0 Å². The molecule has 2 aromatic rings. The Bertz CT molecular complexity index is 1300. The van der Waals surface area contributed by atoms with Crippen molar-refractivity contribution in [3.8, 4) is 5.75 Å². The Balaban J connectivity index is 1.33. The summed E-state index contributed by atoms with van der Waals surface area (Å²) in [5.41, 5.74) is 1.54.